The Morgan fingerprint density at radius 3 is 2.73 bits per heavy atom. The van der Waals surface area contributed by atoms with Gasteiger partial charge in [0.05, 0.1) is 6.42 Å². The molecule has 1 aromatic heterocycles. The van der Waals surface area contributed by atoms with Crippen LogP contribution >= 0.6 is 11.8 Å². The van der Waals surface area contributed by atoms with E-state index in [1.165, 1.54) is 11.8 Å². The summed E-state index contributed by atoms with van der Waals surface area (Å²) in [4.78, 5) is 18.9. The first-order chi connectivity index (χ1) is 6.97. The van der Waals surface area contributed by atoms with Gasteiger partial charge in [-0.3, -0.25) is 4.79 Å². The standard InChI is InChI=1S/C10H14N2O2S/c1-6-4-9(12-8(3)11-6)15-7(2)5-10(13)14/h4,7H,5H2,1-3H3,(H,13,14). The largest absolute Gasteiger partial charge is 0.481 e. The summed E-state index contributed by atoms with van der Waals surface area (Å²) in [5.41, 5.74) is 0.910. The smallest absolute Gasteiger partial charge is 0.304 e. The summed E-state index contributed by atoms with van der Waals surface area (Å²) >= 11 is 1.47. The number of aliphatic carboxylic acids is 1. The maximum atomic E-state index is 10.5. The zero-order valence-electron chi connectivity index (χ0n) is 9.02. The van der Waals surface area contributed by atoms with Crippen LogP contribution in [0.5, 0.6) is 0 Å². The monoisotopic (exact) mass is 226 g/mol. The van der Waals surface area contributed by atoms with Gasteiger partial charge in [-0.05, 0) is 19.9 Å². The predicted molar refractivity (Wildman–Crippen MR) is 59.1 cm³/mol. The van der Waals surface area contributed by atoms with Gasteiger partial charge in [-0.2, -0.15) is 0 Å². The molecule has 15 heavy (non-hydrogen) atoms. The van der Waals surface area contributed by atoms with E-state index in [-0.39, 0.29) is 11.7 Å². The van der Waals surface area contributed by atoms with Crippen molar-refractivity contribution in [3.05, 3.63) is 17.6 Å². The van der Waals surface area contributed by atoms with Crippen LogP contribution in [0.2, 0.25) is 0 Å². The number of carboxylic acid groups (broad SMARTS) is 1. The van der Waals surface area contributed by atoms with Crippen molar-refractivity contribution in [2.45, 2.75) is 37.5 Å². The van der Waals surface area contributed by atoms with Gasteiger partial charge in [0, 0.05) is 10.9 Å². The third-order valence-electron chi connectivity index (χ3n) is 1.73. The van der Waals surface area contributed by atoms with Crippen LogP contribution in [0.1, 0.15) is 24.9 Å². The molecule has 1 rings (SSSR count). The van der Waals surface area contributed by atoms with Crippen LogP contribution in [0.25, 0.3) is 0 Å². The minimum absolute atomic E-state index is 0.0243. The lowest BCUT2D eigenvalue weighted by Crippen LogP contribution is -2.06. The Morgan fingerprint density at radius 1 is 1.53 bits per heavy atom. The highest BCUT2D eigenvalue weighted by atomic mass is 32.2. The van der Waals surface area contributed by atoms with Gasteiger partial charge in [0.1, 0.15) is 10.9 Å². The molecule has 0 aliphatic rings. The number of rotatable bonds is 4. The minimum Gasteiger partial charge on any atom is -0.481 e. The zero-order valence-corrected chi connectivity index (χ0v) is 9.84. The molecule has 82 valence electrons. The normalized spacial score (nSPS) is 12.5. The summed E-state index contributed by atoms with van der Waals surface area (Å²) in [5.74, 6) is -0.0578. The molecule has 1 heterocycles. The molecule has 0 radical (unpaired) electrons. The van der Waals surface area contributed by atoms with Gasteiger partial charge in [0.15, 0.2) is 0 Å². The zero-order chi connectivity index (χ0) is 11.4. The van der Waals surface area contributed by atoms with Gasteiger partial charge >= 0.3 is 5.97 Å². The van der Waals surface area contributed by atoms with E-state index in [0.29, 0.717) is 0 Å². The fourth-order valence-electron chi connectivity index (χ4n) is 1.24. The van der Waals surface area contributed by atoms with Gasteiger partial charge in [0.2, 0.25) is 0 Å². The van der Waals surface area contributed by atoms with Gasteiger partial charge in [0.25, 0.3) is 0 Å². The molecule has 0 amide bonds. The van der Waals surface area contributed by atoms with Crippen LogP contribution in [0.4, 0.5) is 0 Å². The van der Waals surface area contributed by atoms with E-state index in [1.807, 2.05) is 26.8 Å². The molecule has 0 saturated carbocycles. The number of aromatic nitrogens is 2. The number of aryl methyl sites for hydroxylation is 2. The van der Waals surface area contributed by atoms with Crippen molar-refractivity contribution in [1.82, 2.24) is 9.97 Å². The Morgan fingerprint density at radius 2 is 2.20 bits per heavy atom. The molecule has 0 aromatic carbocycles. The SMILES string of the molecule is Cc1cc(SC(C)CC(=O)O)nc(C)n1. The van der Waals surface area contributed by atoms with Crippen molar-refractivity contribution in [2.75, 3.05) is 0 Å². The lowest BCUT2D eigenvalue weighted by Gasteiger charge is -2.08. The van der Waals surface area contributed by atoms with E-state index in [0.717, 1.165) is 16.5 Å². The predicted octanol–water partition coefficient (Wildman–Crippen LogP) is 2.05. The highest BCUT2D eigenvalue weighted by molar-refractivity contribution is 7.99. The number of carbonyl (C=O) groups is 1. The molecule has 1 aromatic rings. The molecule has 4 nitrogen and oxygen atoms in total. The molecule has 1 unspecified atom stereocenters. The first kappa shape index (κ1) is 12.0. The van der Waals surface area contributed by atoms with E-state index in [1.54, 1.807) is 0 Å². The summed E-state index contributed by atoms with van der Waals surface area (Å²) in [6.07, 6.45) is 0.146. The van der Waals surface area contributed by atoms with Crippen molar-refractivity contribution >= 4 is 17.7 Å². The highest BCUT2D eigenvalue weighted by Gasteiger charge is 2.10. The number of hydrogen-bond acceptors (Lipinski definition) is 4. The maximum Gasteiger partial charge on any atom is 0.304 e. The van der Waals surface area contributed by atoms with Crippen LogP contribution in [0.3, 0.4) is 0 Å². The Kier molecular flexibility index (Phi) is 4.08. The van der Waals surface area contributed by atoms with Crippen LogP contribution < -0.4 is 0 Å². The summed E-state index contributed by atoms with van der Waals surface area (Å²) in [6, 6.07) is 1.87. The van der Waals surface area contributed by atoms with Crippen molar-refractivity contribution in [2.24, 2.45) is 0 Å². The van der Waals surface area contributed by atoms with E-state index in [4.69, 9.17) is 5.11 Å². The molecule has 0 saturated heterocycles. The van der Waals surface area contributed by atoms with E-state index in [2.05, 4.69) is 9.97 Å². The fraction of sp³-hybridized carbons (Fsp3) is 0.500. The number of nitrogens with zero attached hydrogens (tertiary/aromatic N) is 2. The van der Waals surface area contributed by atoms with Crippen molar-refractivity contribution in [1.29, 1.82) is 0 Å². The topological polar surface area (TPSA) is 63.1 Å². The maximum absolute atomic E-state index is 10.5. The Bertz CT molecular complexity index is 348. The van der Waals surface area contributed by atoms with E-state index >= 15 is 0 Å². The van der Waals surface area contributed by atoms with Gasteiger partial charge in [-0.1, -0.05) is 6.92 Å². The average Bonchev–Trinajstić information content (AvgIpc) is 1.98. The second-order valence-corrected chi connectivity index (χ2v) is 4.88. The van der Waals surface area contributed by atoms with Gasteiger partial charge < -0.3 is 5.11 Å². The van der Waals surface area contributed by atoms with Crippen molar-refractivity contribution in [3.8, 4) is 0 Å². The molecule has 1 atom stereocenters. The number of hydrogen-bond donors (Lipinski definition) is 1. The first-order valence-corrected chi connectivity index (χ1v) is 5.56. The first-order valence-electron chi connectivity index (χ1n) is 4.68. The molecule has 5 heteroatoms. The minimum atomic E-state index is -0.780. The Hall–Kier alpha value is -1.10. The number of thioether (sulfide) groups is 1. The average molecular weight is 226 g/mol. The van der Waals surface area contributed by atoms with Crippen LogP contribution in [0.15, 0.2) is 11.1 Å². The molecule has 0 aliphatic carbocycles. The summed E-state index contributed by atoms with van der Waals surface area (Å²) in [7, 11) is 0. The third kappa shape index (κ3) is 4.29. The third-order valence-corrected chi connectivity index (χ3v) is 2.75. The van der Waals surface area contributed by atoms with Crippen LogP contribution in [-0.2, 0) is 4.79 Å². The lowest BCUT2D eigenvalue weighted by atomic mass is 10.3. The molecular formula is C10H14N2O2S. The highest BCUT2D eigenvalue weighted by Crippen LogP contribution is 2.23. The summed E-state index contributed by atoms with van der Waals surface area (Å²) < 4.78 is 0. The van der Waals surface area contributed by atoms with Crippen molar-refractivity contribution in [3.63, 3.8) is 0 Å². The number of carboxylic acids is 1. The molecule has 0 aliphatic heterocycles. The second-order valence-electron chi connectivity index (χ2n) is 3.42. The van der Waals surface area contributed by atoms with Gasteiger partial charge in [-0.15, -0.1) is 11.8 Å². The van der Waals surface area contributed by atoms with E-state index < -0.39 is 5.97 Å². The fourth-order valence-corrected chi connectivity index (χ4v) is 2.30. The summed E-state index contributed by atoms with van der Waals surface area (Å²) in [5, 5.41) is 9.49. The molecular weight excluding hydrogens is 212 g/mol. The molecule has 0 bridgehead atoms. The second kappa shape index (κ2) is 5.11. The molecule has 0 fully saturated rings. The van der Waals surface area contributed by atoms with Crippen molar-refractivity contribution < 1.29 is 9.90 Å². The van der Waals surface area contributed by atoms with E-state index in [9.17, 15) is 4.79 Å². The van der Waals surface area contributed by atoms with Crippen LogP contribution in [-0.4, -0.2) is 26.3 Å². The Balaban J connectivity index is 2.67. The summed E-state index contributed by atoms with van der Waals surface area (Å²) in [6.45, 7) is 5.62. The molecule has 0 spiro atoms. The van der Waals surface area contributed by atoms with Crippen LogP contribution in [0, 0.1) is 13.8 Å². The quantitative estimate of drug-likeness (QED) is 0.629. The Labute approximate surface area is 93.1 Å². The lowest BCUT2D eigenvalue weighted by molar-refractivity contribution is -0.136. The molecule has 1 N–H and O–H groups in total. The van der Waals surface area contributed by atoms with Gasteiger partial charge in [-0.25, -0.2) is 9.97 Å².